The molecule has 0 aromatic carbocycles. The fourth-order valence-electron chi connectivity index (χ4n) is 1.39. The monoisotopic (exact) mass is 207 g/mol. The van der Waals surface area contributed by atoms with E-state index < -0.39 is 0 Å². The van der Waals surface area contributed by atoms with Crippen LogP contribution in [-0.4, -0.2) is 9.55 Å². The van der Waals surface area contributed by atoms with Crippen molar-refractivity contribution in [2.45, 2.75) is 12.5 Å². The van der Waals surface area contributed by atoms with Crippen molar-refractivity contribution in [3.8, 4) is 0 Å². The molecule has 0 saturated carbocycles. The van der Waals surface area contributed by atoms with E-state index in [1.165, 1.54) is 5.56 Å². The zero-order valence-electron chi connectivity index (χ0n) is 8.05. The van der Waals surface area contributed by atoms with E-state index in [4.69, 9.17) is 5.73 Å². The maximum atomic E-state index is 6.03. The van der Waals surface area contributed by atoms with Gasteiger partial charge in [-0.05, 0) is 28.8 Å². The van der Waals surface area contributed by atoms with E-state index in [1.54, 1.807) is 17.7 Å². The molecule has 0 fully saturated rings. The van der Waals surface area contributed by atoms with Crippen molar-refractivity contribution in [2.75, 3.05) is 0 Å². The molecule has 2 rings (SSSR count). The summed E-state index contributed by atoms with van der Waals surface area (Å²) >= 11 is 1.70. The van der Waals surface area contributed by atoms with Gasteiger partial charge >= 0.3 is 0 Å². The highest BCUT2D eigenvalue weighted by Gasteiger charge is 2.09. The van der Waals surface area contributed by atoms with Crippen molar-refractivity contribution in [1.82, 2.24) is 9.55 Å². The molecule has 0 aliphatic heterocycles. The van der Waals surface area contributed by atoms with Gasteiger partial charge in [0.25, 0.3) is 0 Å². The van der Waals surface area contributed by atoms with E-state index in [0.29, 0.717) is 0 Å². The lowest BCUT2D eigenvalue weighted by atomic mass is 10.1. The van der Waals surface area contributed by atoms with Crippen LogP contribution in [0.3, 0.4) is 0 Å². The van der Waals surface area contributed by atoms with Crippen molar-refractivity contribution in [3.05, 3.63) is 40.6 Å². The number of hydrogen-bond donors (Lipinski definition) is 1. The fraction of sp³-hybridized carbons (Fsp3) is 0.300. The molecule has 4 heteroatoms. The van der Waals surface area contributed by atoms with Crippen LogP contribution in [0.1, 0.15) is 17.3 Å². The van der Waals surface area contributed by atoms with Gasteiger partial charge in [-0.2, -0.15) is 11.3 Å². The molecule has 0 aliphatic rings. The van der Waals surface area contributed by atoms with Gasteiger partial charge in [0, 0.05) is 13.2 Å². The van der Waals surface area contributed by atoms with Crippen LogP contribution < -0.4 is 5.73 Å². The number of aromatic nitrogens is 2. The Bertz CT molecular complexity index is 391. The Morgan fingerprint density at radius 1 is 1.64 bits per heavy atom. The molecule has 0 aliphatic carbocycles. The first-order valence-corrected chi connectivity index (χ1v) is 5.44. The van der Waals surface area contributed by atoms with Crippen LogP contribution in [0.4, 0.5) is 0 Å². The van der Waals surface area contributed by atoms with Gasteiger partial charge in [0.05, 0.1) is 18.1 Å². The number of thiophene rings is 1. The quantitative estimate of drug-likeness (QED) is 0.833. The van der Waals surface area contributed by atoms with Crippen molar-refractivity contribution in [3.63, 3.8) is 0 Å². The number of nitrogens with zero attached hydrogens (tertiary/aromatic N) is 2. The van der Waals surface area contributed by atoms with Crippen LogP contribution in [0.25, 0.3) is 0 Å². The minimum absolute atomic E-state index is 0.00537. The Balaban J connectivity index is 2.06. The highest BCUT2D eigenvalue weighted by molar-refractivity contribution is 7.07. The lowest BCUT2D eigenvalue weighted by molar-refractivity contribution is 0.701. The molecular weight excluding hydrogens is 194 g/mol. The Morgan fingerprint density at radius 3 is 3.07 bits per heavy atom. The van der Waals surface area contributed by atoms with Crippen LogP contribution in [0, 0.1) is 0 Å². The maximum Gasteiger partial charge on any atom is 0.0947 e. The van der Waals surface area contributed by atoms with Gasteiger partial charge < -0.3 is 10.3 Å². The molecule has 1 unspecified atom stereocenters. The maximum absolute atomic E-state index is 6.03. The number of aryl methyl sites for hydroxylation is 1. The third-order valence-corrected chi connectivity index (χ3v) is 2.87. The number of hydrogen-bond acceptors (Lipinski definition) is 3. The van der Waals surface area contributed by atoms with Crippen LogP contribution in [0.15, 0.2) is 29.4 Å². The van der Waals surface area contributed by atoms with Crippen molar-refractivity contribution >= 4 is 11.3 Å². The molecule has 2 aromatic rings. The fourth-order valence-corrected chi connectivity index (χ4v) is 2.07. The lowest BCUT2D eigenvalue weighted by Crippen LogP contribution is -2.13. The first-order valence-electron chi connectivity index (χ1n) is 4.50. The first-order chi connectivity index (χ1) is 6.75. The molecule has 14 heavy (non-hydrogen) atoms. The van der Waals surface area contributed by atoms with Gasteiger partial charge in [0.15, 0.2) is 0 Å². The summed E-state index contributed by atoms with van der Waals surface area (Å²) < 4.78 is 1.92. The number of nitrogens with two attached hydrogens (primary N) is 1. The summed E-state index contributed by atoms with van der Waals surface area (Å²) in [5.74, 6) is 0. The average Bonchev–Trinajstić information content (AvgIpc) is 2.75. The average molecular weight is 207 g/mol. The first kappa shape index (κ1) is 9.43. The molecule has 2 heterocycles. The third kappa shape index (κ3) is 2.02. The molecule has 0 bridgehead atoms. The third-order valence-electron chi connectivity index (χ3n) is 2.14. The van der Waals surface area contributed by atoms with Crippen LogP contribution >= 0.6 is 11.3 Å². The smallest absolute Gasteiger partial charge is 0.0947 e. The highest BCUT2D eigenvalue weighted by Crippen LogP contribution is 2.15. The van der Waals surface area contributed by atoms with E-state index in [0.717, 1.165) is 12.1 Å². The largest absolute Gasteiger partial charge is 0.340 e. The summed E-state index contributed by atoms with van der Waals surface area (Å²) in [5, 5.41) is 4.20. The van der Waals surface area contributed by atoms with Gasteiger partial charge in [-0.3, -0.25) is 0 Å². The summed E-state index contributed by atoms with van der Waals surface area (Å²) in [7, 11) is 1.95. The summed E-state index contributed by atoms with van der Waals surface area (Å²) in [6.45, 7) is 0. The normalized spacial score (nSPS) is 13.0. The summed E-state index contributed by atoms with van der Waals surface area (Å²) in [6.07, 6.45) is 4.61. The molecule has 0 saturated heterocycles. The predicted octanol–water partition coefficient (Wildman–Crippen LogP) is 1.72. The SMILES string of the molecule is Cn1cnc(C(N)Cc2ccsc2)c1. The molecule has 74 valence electrons. The van der Waals surface area contributed by atoms with Crippen LogP contribution in [0.2, 0.25) is 0 Å². The Kier molecular flexibility index (Phi) is 2.65. The molecule has 0 radical (unpaired) electrons. The van der Waals surface area contributed by atoms with Crippen molar-refractivity contribution in [1.29, 1.82) is 0 Å². The molecule has 2 N–H and O–H groups in total. The van der Waals surface area contributed by atoms with E-state index in [9.17, 15) is 0 Å². The summed E-state index contributed by atoms with van der Waals surface area (Å²) in [4.78, 5) is 4.24. The van der Waals surface area contributed by atoms with Gasteiger partial charge in [0.1, 0.15) is 0 Å². The zero-order valence-corrected chi connectivity index (χ0v) is 8.87. The van der Waals surface area contributed by atoms with Crippen LogP contribution in [-0.2, 0) is 13.5 Å². The van der Waals surface area contributed by atoms with E-state index >= 15 is 0 Å². The van der Waals surface area contributed by atoms with Crippen molar-refractivity contribution in [2.24, 2.45) is 12.8 Å². The van der Waals surface area contributed by atoms with Gasteiger partial charge in [-0.25, -0.2) is 4.98 Å². The Morgan fingerprint density at radius 2 is 2.50 bits per heavy atom. The molecule has 3 nitrogen and oxygen atoms in total. The molecule has 0 spiro atoms. The predicted molar refractivity (Wildman–Crippen MR) is 58.2 cm³/mol. The topological polar surface area (TPSA) is 43.8 Å². The second-order valence-corrected chi connectivity index (χ2v) is 4.19. The molecule has 2 aromatic heterocycles. The Labute approximate surface area is 87.2 Å². The zero-order chi connectivity index (χ0) is 9.97. The molecular formula is C10H13N3S. The van der Waals surface area contributed by atoms with Gasteiger partial charge in [-0.15, -0.1) is 0 Å². The second kappa shape index (κ2) is 3.94. The van der Waals surface area contributed by atoms with E-state index in [-0.39, 0.29) is 6.04 Å². The standard InChI is InChI=1S/C10H13N3S/c1-13-5-10(12-7-13)9(11)4-8-2-3-14-6-8/h2-3,5-7,9H,4,11H2,1H3. The summed E-state index contributed by atoms with van der Waals surface area (Å²) in [5.41, 5.74) is 8.27. The van der Waals surface area contributed by atoms with Gasteiger partial charge in [0.2, 0.25) is 0 Å². The number of rotatable bonds is 3. The number of imidazole rings is 1. The molecule has 1 atom stereocenters. The molecule has 0 amide bonds. The van der Waals surface area contributed by atoms with E-state index in [2.05, 4.69) is 21.8 Å². The minimum Gasteiger partial charge on any atom is -0.340 e. The van der Waals surface area contributed by atoms with E-state index in [1.807, 2.05) is 17.8 Å². The second-order valence-electron chi connectivity index (χ2n) is 3.41. The van der Waals surface area contributed by atoms with Gasteiger partial charge in [-0.1, -0.05) is 0 Å². The minimum atomic E-state index is 0.00537. The Hall–Kier alpha value is -1.13. The van der Waals surface area contributed by atoms with Crippen LogP contribution in [0.5, 0.6) is 0 Å². The highest BCUT2D eigenvalue weighted by atomic mass is 32.1. The summed E-state index contributed by atoms with van der Waals surface area (Å²) in [6, 6.07) is 2.11. The lowest BCUT2D eigenvalue weighted by Gasteiger charge is -2.06. The van der Waals surface area contributed by atoms with Crippen molar-refractivity contribution < 1.29 is 0 Å².